The van der Waals surface area contributed by atoms with Crippen LogP contribution in [-0.2, 0) is 27.4 Å². The van der Waals surface area contributed by atoms with E-state index in [-0.39, 0.29) is 35.9 Å². The summed E-state index contributed by atoms with van der Waals surface area (Å²) < 4.78 is 78.3. The first-order valence-corrected chi connectivity index (χ1v) is 15.0. The number of nitrogens with zero attached hydrogens (tertiary/aromatic N) is 2. The molecule has 2 heterocycles. The number of hydrogen-bond acceptors (Lipinski definition) is 8. The van der Waals surface area contributed by atoms with E-state index in [4.69, 9.17) is 9.47 Å². The van der Waals surface area contributed by atoms with Crippen LogP contribution in [0.2, 0.25) is 0 Å². The van der Waals surface area contributed by atoms with Crippen molar-refractivity contribution in [1.82, 2.24) is 20.0 Å². The first-order valence-electron chi connectivity index (χ1n) is 13.1. The standard InChI is InChI=1S/C26H34F3N5O5S/c1-15-11-22(23(38-2)13-18(15)24(35)31-17-7-9-39-10-8-17)33-25-30-14-19(26(27,28)29)21(32-25)12-16-5-4-6-20(16)34-40(3,36)37/h11,13-14,16-17,20,34H,4-10,12H2,1-3H3,(H,31,35)(H,30,32,33)/t16-,20+/m0/s1. The highest BCUT2D eigenvalue weighted by Crippen LogP contribution is 2.36. The molecular weight excluding hydrogens is 551 g/mol. The summed E-state index contributed by atoms with van der Waals surface area (Å²) in [7, 11) is -2.09. The molecule has 40 heavy (non-hydrogen) atoms. The van der Waals surface area contributed by atoms with Crippen LogP contribution in [0.25, 0.3) is 0 Å². The third kappa shape index (κ3) is 7.61. The van der Waals surface area contributed by atoms with Crippen molar-refractivity contribution in [1.29, 1.82) is 0 Å². The molecule has 1 aromatic carbocycles. The van der Waals surface area contributed by atoms with Crippen molar-refractivity contribution in [2.75, 3.05) is 31.9 Å². The summed E-state index contributed by atoms with van der Waals surface area (Å²) in [4.78, 5) is 21.0. The van der Waals surface area contributed by atoms with Crippen molar-refractivity contribution in [2.24, 2.45) is 5.92 Å². The average Bonchev–Trinajstić information content (AvgIpc) is 3.28. The molecular formula is C26H34F3N5O5S. The number of carbonyl (C=O) groups is 1. The van der Waals surface area contributed by atoms with Crippen molar-refractivity contribution in [2.45, 2.75) is 63.7 Å². The van der Waals surface area contributed by atoms with Crippen LogP contribution in [0, 0.1) is 12.8 Å². The van der Waals surface area contributed by atoms with E-state index in [1.807, 2.05) is 0 Å². The number of benzene rings is 1. The molecule has 0 spiro atoms. The van der Waals surface area contributed by atoms with E-state index in [0.29, 0.717) is 55.0 Å². The molecule has 2 fully saturated rings. The van der Waals surface area contributed by atoms with Gasteiger partial charge in [-0.2, -0.15) is 13.2 Å². The lowest BCUT2D eigenvalue weighted by Gasteiger charge is -2.24. The number of amides is 1. The van der Waals surface area contributed by atoms with E-state index in [9.17, 15) is 26.4 Å². The minimum absolute atomic E-state index is 0.00974. The number of sulfonamides is 1. The number of alkyl halides is 3. The molecule has 4 rings (SSSR count). The molecule has 14 heteroatoms. The molecule has 10 nitrogen and oxygen atoms in total. The lowest BCUT2D eigenvalue weighted by atomic mass is 9.96. The molecule has 1 saturated heterocycles. The fraction of sp³-hybridized carbons (Fsp3) is 0.577. The van der Waals surface area contributed by atoms with Crippen molar-refractivity contribution in [3.8, 4) is 5.75 Å². The molecule has 220 valence electrons. The Hall–Kier alpha value is -2.97. The van der Waals surface area contributed by atoms with Crippen LogP contribution in [-0.4, -0.2) is 63.0 Å². The summed E-state index contributed by atoms with van der Waals surface area (Å²) in [6, 6.07) is 2.76. The highest BCUT2D eigenvalue weighted by Gasteiger charge is 2.38. The van der Waals surface area contributed by atoms with E-state index >= 15 is 0 Å². The number of rotatable bonds is 9. The molecule has 1 saturated carbocycles. The summed E-state index contributed by atoms with van der Waals surface area (Å²) in [5.74, 6) is -0.383. The normalized spacial score (nSPS) is 20.4. The Morgan fingerprint density at radius 2 is 1.90 bits per heavy atom. The molecule has 1 aromatic heterocycles. The van der Waals surface area contributed by atoms with Gasteiger partial charge in [-0.3, -0.25) is 4.79 Å². The van der Waals surface area contributed by atoms with Crippen LogP contribution < -0.4 is 20.1 Å². The molecule has 0 bridgehead atoms. The van der Waals surface area contributed by atoms with Gasteiger partial charge < -0.3 is 20.1 Å². The van der Waals surface area contributed by atoms with E-state index in [1.54, 1.807) is 19.1 Å². The Labute approximate surface area is 231 Å². The van der Waals surface area contributed by atoms with Crippen LogP contribution in [0.1, 0.15) is 59.3 Å². The van der Waals surface area contributed by atoms with Crippen LogP contribution >= 0.6 is 0 Å². The van der Waals surface area contributed by atoms with Crippen LogP contribution in [0.3, 0.4) is 0 Å². The largest absolute Gasteiger partial charge is 0.495 e. The maximum Gasteiger partial charge on any atom is 0.419 e. The monoisotopic (exact) mass is 585 g/mol. The first-order chi connectivity index (χ1) is 18.8. The summed E-state index contributed by atoms with van der Waals surface area (Å²) in [5.41, 5.74) is 0.228. The Kier molecular flexibility index (Phi) is 9.20. The maximum absolute atomic E-state index is 13.8. The lowest BCUT2D eigenvalue weighted by molar-refractivity contribution is -0.138. The molecule has 1 aliphatic carbocycles. The molecule has 3 N–H and O–H groups in total. The van der Waals surface area contributed by atoms with Gasteiger partial charge in [-0.15, -0.1) is 0 Å². The molecule has 2 aliphatic rings. The Morgan fingerprint density at radius 1 is 1.18 bits per heavy atom. The summed E-state index contributed by atoms with van der Waals surface area (Å²) in [6.07, 6.45) is 0.268. The van der Waals surface area contributed by atoms with E-state index in [1.165, 1.54) is 7.11 Å². The number of carbonyl (C=O) groups excluding carboxylic acids is 1. The van der Waals surface area contributed by atoms with Crippen LogP contribution in [0.5, 0.6) is 5.75 Å². The number of aryl methyl sites for hydroxylation is 1. The summed E-state index contributed by atoms with van der Waals surface area (Å²) in [5, 5.41) is 5.94. The Bertz CT molecular complexity index is 1330. The average molecular weight is 586 g/mol. The predicted molar refractivity (Wildman–Crippen MR) is 142 cm³/mol. The van der Waals surface area contributed by atoms with E-state index in [0.717, 1.165) is 25.3 Å². The van der Waals surface area contributed by atoms with Gasteiger partial charge in [-0.05, 0) is 62.6 Å². The first kappa shape index (κ1) is 30.0. The second kappa shape index (κ2) is 12.3. The predicted octanol–water partition coefficient (Wildman–Crippen LogP) is 3.73. The van der Waals surface area contributed by atoms with Gasteiger partial charge >= 0.3 is 6.18 Å². The van der Waals surface area contributed by atoms with Gasteiger partial charge in [-0.25, -0.2) is 23.1 Å². The molecule has 0 unspecified atom stereocenters. The number of nitrogens with one attached hydrogen (secondary N) is 3. The van der Waals surface area contributed by atoms with Gasteiger partial charge in [0.1, 0.15) is 5.75 Å². The minimum atomic E-state index is -4.68. The fourth-order valence-corrected chi connectivity index (χ4v) is 6.11. The fourth-order valence-electron chi connectivity index (χ4n) is 5.25. The van der Waals surface area contributed by atoms with Crippen molar-refractivity contribution in [3.63, 3.8) is 0 Å². The summed E-state index contributed by atoms with van der Waals surface area (Å²) >= 11 is 0. The summed E-state index contributed by atoms with van der Waals surface area (Å²) in [6.45, 7) is 2.92. The number of ether oxygens (including phenoxy) is 2. The smallest absolute Gasteiger partial charge is 0.419 e. The van der Waals surface area contributed by atoms with Crippen LogP contribution in [0.15, 0.2) is 18.3 Å². The zero-order valence-corrected chi connectivity index (χ0v) is 23.4. The molecule has 2 atom stereocenters. The SMILES string of the molecule is COc1cc(C(=O)NC2CCOCC2)c(C)cc1Nc1ncc(C(F)(F)F)c(C[C@@H]2CCC[C@H]2NS(C)(=O)=O)n1. The van der Waals surface area contributed by atoms with E-state index < -0.39 is 27.8 Å². The van der Waals surface area contributed by atoms with Gasteiger partial charge in [0.25, 0.3) is 5.91 Å². The highest BCUT2D eigenvalue weighted by molar-refractivity contribution is 7.88. The van der Waals surface area contributed by atoms with Crippen molar-refractivity contribution in [3.05, 3.63) is 40.7 Å². The van der Waals surface area contributed by atoms with Crippen LogP contribution in [0.4, 0.5) is 24.8 Å². The highest BCUT2D eigenvalue weighted by atomic mass is 32.2. The molecule has 1 amide bonds. The quantitative estimate of drug-likeness (QED) is 0.406. The van der Waals surface area contributed by atoms with Gasteiger partial charge in [0.2, 0.25) is 16.0 Å². The van der Waals surface area contributed by atoms with Crippen molar-refractivity contribution >= 4 is 27.6 Å². The second-order valence-corrected chi connectivity index (χ2v) is 12.1. The zero-order chi connectivity index (χ0) is 29.1. The molecule has 1 aliphatic heterocycles. The number of anilines is 2. The third-order valence-corrected chi connectivity index (χ3v) is 7.98. The number of halogens is 3. The maximum atomic E-state index is 13.8. The lowest BCUT2D eigenvalue weighted by Crippen LogP contribution is -2.39. The third-order valence-electron chi connectivity index (χ3n) is 7.25. The molecule has 2 aromatic rings. The van der Waals surface area contributed by atoms with Gasteiger partial charge in [-0.1, -0.05) is 6.42 Å². The van der Waals surface area contributed by atoms with Gasteiger partial charge in [0, 0.05) is 37.1 Å². The topological polar surface area (TPSA) is 132 Å². The number of aromatic nitrogens is 2. The Morgan fingerprint density at radius 3 is 2.55 bits per heavy atom. The van der Waals surface area contributed by atoms with Crippen molar-refractivity contribution < 1.29 is 35.9 Å². The number of hydrogen-bond donors (Lipinski definition) is 3. The van der Waals surface area contributed by atoms with E-state index in [2.05, 4.69) is 25.3 Å². The second-order valence-electron chi connectivity index (χ2n) is 10.3. The van der Waals surface area contributed by atoms with Gasteiger partial charge in [0.15, 0.2) is 0 Å². The van der Waals surface area contributed by atoms with Gasteiger partial charge in [0.05, 0.1) is 30.3 Å². The zero-order valence-electron chi connectivity index (χ0n) is 22.6. The number of methoxy groups -OCH3 is 1. The molecule has 0 radical (unpaired) electrons. The minimum Gasteiger partial charge on any atom is -0.495 e. The Balaban J connectivity index is 1.58.